The van der Waals surface area contributed by atoms with Gasteiger partial charge in [-0.3, -0.25) is 0 Å². The summed E-state index contributed by atoms with van der Waals surface area (Å²) >= 11 is 0. The second-order valence-corrected chi connectivity index (χ2v) is 7.63. The Morgan fingerprint density at radius 2 is 1.07 bits per heavy atom. The van der Waals surface area contributed by atoms with E-state index in [0.29, 0.717) is 0 Å². The lowest BCUT2D eigenvalue weighted by molar-refractivity contribution is 1.41. The third-order valence-corrected chi connectivity index (χ3v) is 5.84. The molecule has 0 spiro atoms. The number of fused-ring (bicyclic) bond motifs is 4. The Morgan fingerprint density at radius 3 is 1.90 bits per heavy atom. The van der Waals surface area contributed by atoms with Crippen LogP contribution in [0.5, 0.6) is 0 Å². The predicted molar refractivity (Wildman–Crippen MR) is 128 cm³/mol. The number of rotatable bonds is 2. The van der Waals surface area contributed by atoms with Gasteiger partial charge >= 0.3 is 0 Å². The molecule has 1 heterocycles. The highest BCUT2D eigenvalue weighted by molar-refractivity contribution is 6.14. The third-order valence-electron chi connectivity index (χ3n) is 5.84. The van der Waals surface area contributed by atoms with Crippen LogP contribution in [0, 0.1) is 0 Å². The van der Waals surface area contributed by atoms with Gasteiger partial charge in [0.1, 0.15) is 0 Å². The third kappa shape index (κ3) is 2.67. The summed E-state index contributed by atoms with van der Waals surface area (Å²) in [5.41, 5.74) is 5.63. The Bertz CT molecular complexity index is 1530. The Morgan fingerprint density at radius 1 is 0.433 bits per heavy atom. The minimum Gasteiger partial charge on any atom is -0.248 e. The van der Waals surface area contributed by atoms with Crippen LogP contribution in [0.3, 0.4) is 0 Å². The molecule has 0 fully saturated rings. The average molecular weight is 381 g/mol. The van der Waals surface area contributed by atoms with Gasteiger partial charge < -0.3 is 0 Å². The van der Waals surface area contributed by atoms with Crippen LogP contribution in [0.15, 0.2) is 115 Å². The molecule has 0 radical (unpaired) electrons. The van der Waals surface area contributed by atoms with Gasteiger partial charge in [0.05, 0.1) is 11.2 Å². The summed E-state index contributed by atoms with van der Waals surface area (Å²) in [4.78, 5) is 5.09. The van der Waals surface area contributed by atoms with E-state index in [9.17, 15) is 0 Å². The van der Waals surface area contributed by atoms with E-state index in [0.717, 1.165) is 11.2 Å². The number of hydrogen-bond acceptors (Lipinski definition) is 1. The van der Waals surface area contributed by atoms with Crippen LogP contribution in [-0.2, 0) is 0 Å². The number of hydrogen-bond donors (Lipinski definition) is 0. The molecule has 1 aromatic heterocycles. The SMILES string of the molecule is c1ccc(-c2cc(-c3cc4ccccc4c4ccccc34)nc3ccccc23)cc1. The van der Waals surface area contributed by atoms with Gasteiger partial charge in [-0.1, -0.05) is 97.1 Å². The van der Waals surface area contributed by atoms with Crippen molar-refractivity contribution in [3.05, 3.63) is 115 Å². The molecule has 6 rings (SSSR count). The molecular weight excluding hydrogens is 362 g/mol. The van der Waals surface area contributed by atoms with Crippen molar-refractivity contribution in [2.45, 2.75) is 0 Å². The number of benzene rings is 5. The molecule has 1 heteroatoms. The van der Waals surface area contributed by atoms with Crippen LogP contribution in [0.4, 0.5) is 0 Å². The van der Waals surface area contributed by atoms with Gasteiger partial charge in [0.15, 0.2) is 0 Å². The molecule has 0 aliphatic carbocycles. The average Bonchev–Trinajstić information content (AvgIpc) is 2.83. The summed E-state index contributed by atoms with van der Waals surface area (Å²) in [6.07, 6.45) is 0. The molecule has 0 bridgehead atoms. The van der Waals surface area contributed by atoms with Crippen LogP contribution in [0.2, 0.25) is 0 Å². The fraction of sp³-hybridized carbons (Fsp3) is 0. The van der Waals surface area contributed by atoms with Crippen LogP contribution >= 0.6 is 0 Å². The summed E-state index contributed by atoms with van der Waals surface area (Å²) < 4.78 is 0. The molecule has 0 amide bonds. The second kappa shape index (κ2) is 6.82. The van der Waals surface area contributed by atoms with Gasteiger partial charge in [0.2, 0.25) is 0 Å². The molecule has 140 valence electrons. The van der Waals surface area contributed by atoms with Crippen molar-refractivity contribution in [2.75, 3.05) is 0 Å². The first-order valence-corrected chi connectivity index (χ1v) is 10.2. The van der Waals surface area contributed by atoms with Crippen LogP contribution in [-0.4, -0.2) is 4.98 Å². The molecule has 6 aromatic rings. The highest BCUT2D eigenvalue weighted by Crippen LogP contribution is 2.37. The highest BCUT2D eigenvalue weighted by atomic mass is 14.7. The number of aromatic nitrogens is 1. The summed E-state index contributed by atoms with van der Waals surface area (Å²) in [6.45, 7) is 0. The van der Waals surface area contributed by atoms with E-state index in [4.69, 9.17) is 4.98 Å². The number of pyridine rings is 1. The van der Waals surface area contributed by atoms with Crippen LogP contribution in [0.1, 0.15) is 0 Å². The monoisotopic (exact) mass is 381 g/mol. The lowest BCUT2D eigenvalue weighted by Gasteiger charge is -2.14. The highest BCUT2D eigenvalue weighted by Gasteiger charge is 2.13. The minimum absolute atomic E-state index is 1.01. The van der Waals surface area contributed by atoms with E-state index in [1.165, 1.54) is 43.6 Å². The topological polar surface area (TPSA) is 12.9 Å². The van der Waals surface area contributed by atoms with E-state index in [-0.39, 0.29) is 0 Å². The maximum Gasteiger partial charge on any atom is 0.0722 e. The first kappa shape index (κ1) is 16.9. The molecule has 0 atom stereocenters. The Hall–Kier alpha value is -3.97. The van der Waals surface area contributed by atoms with Gasteiger partial charge in [0, 0.05) is 10.9 Å². The van der Waals surface area contributed by atoms with Crippen molar-refractivity contribution >= 4 is 32.4 Å². The zero-order chi connectivity index (χ0) is 19.9. The molecule has 0 saturated carbocycles. The van der Waals surface area contributed by atoms with Crippen LogP contribution in [0.25, 0.3) is 54.8 Å². The first-order valence-electron chi connectivity index (χ1n) is 10.2. The van der Waals surface area contributed by atoms with Crippen molar-refractivity contribution in [3.63, 3.8) is 0 Å². The second-order valence-electron chi connectivity index (χ2n) is 7.63. The normalized spacial score (nSPS) is 11.3. The van der Waals surface area contributed by atoms with E-state index in [1.54, 1.807) is 0 Å². The van der Waals surface area contributed by atoms with Crippen LogP contribution < -0.4 is 0 Å². The molecule has 30 heavy (non-hydrogen) atoms. The smallest absolute Gasteiger partial charge is 0.0722 e. The predicted octanol–water partition coefficient (Wildman–Crippen LogP) is 7.88. The molecular formula is C29H19N. The standard InChI is InChI=1S/C29H19N/c1-2-10-20(11-3-1)26-19-29(30-28-17-9-8-16-25(26)28)27-18-21-12-4-5-13-22(21)23-14-6-7-15-24(23)27/h1-19H. The lowest BCUT2D eigenvalue weighted by Crippen LogP contribution is -1.91. The van der Waals surface area contributed by atoms with Gasteiger partial charge in [-0.15, -0.1) is 0 Å². The van der Waals surface area contributed by atoms with Crippen molar-refractivity contribution in [1.29, 1.82) is 0 Å². The summed E-state index contributed by atoms with van der Waals surface area (Å²) in [7, 11) is 0. The van der Waals surface area contributed by atoms with E-state index < -0.39 is 0 Å². The maximum absolute atomic E-state index is 5.09. The summed E-state index contributed by atoms with van der Waals surface area (Å²) in [6, 6.07) is 40.8. The van der Waals surface area contributed by atoms with E-state index in [2.05, 4.69) is 115 Å². The number of para-hydroxylation sites is 1. The number of nitrogens with zero attached hydrogens (tertiary/aromatic N) is 1. The Labute approximate surface area is 175 Å². The van der Waals surface area contributed by atoms with Gasteiger partial charge in [-0.2, -0.15) is 0 Å². The van der Waals surface area contributed by atoms with E-state index in [1.807, 2.05) is 0 Å². The molecule has 1 nitrogen and oxygen atoms in total. The lowest BCUT2D eigenvalue weighted by atomic mass is 9.93. The molecule has 0 aliphatic rings. The first-order chi connectivity index (χ1) is 14.9. The molecule has 5 aromatic carbocycles. The van der Waals surface area contributed by atoms with Crippen molar-refractivity contribution in [1.82, 2.24) is 4.98 Å². The fourth-order valence-corrected chi connectivity index (χ4v) is 4.44. The minimum atomic E-state index is 1.01. The molecule has 0 aliphatic heterocycles. The van der Waals surface area contributed by atoms with Gasteiger partial charge in [-0.25, -0.2) is 4.98 Å². The Kier molecular flexibility index (Phi) is 3.85. The van der Waals surface area contributed by atoms with Gasteiger partial charge in [0.25, 0.3) is 0 Å². The van der Waals surface area contributed by atoms with Crippen molar-refractivity contribution in [2.24, 2.45) is 0 Å². The maximum atomic E-state index is 5.09. The zero-order valence-corrected chi connectivity index (χ0v) is 16.4. The zero-order valence-electron chi connectivity index (χ0n) is 16.4. The van der Waals surface area contributed by atoms with E-state index >= 15 is 0 Å². The molecule has 0 N–H and O–H groups in total. The summed E-state index contributed by atoms with van der Waals surface area (Å²) in [5, 5.41) is 6.20. The summed E-state index contributed by atoms with van der Waals surface area (Å²) in [5.74, 6) is 0. The van der Waals surface area contributed by atoms with Crippen molar-refractivity contribution < 1.29 is 0 Å². The fourth-order valence-electron chi connectivity index (χ4n) is 4.44. The molecule has 0 unspecified atom stereocenters. The van der Waals surface area contributed by atoms with Gasteiger partial charge in [-0.05, 0) is 50.9 Å². The molecule has 0 saturated heterocycles. The Balaban J connectivity index is 1.73. The largest absolute Gasteiger partial charge is 0.248 e. The van der Waals surface area contributed by atoms with Crippen molar-refractivity contribution in [3.8, 4) is 22.4 Å². The quantitative estimate of drug-likeness (QED) is 0.278.